The number of phenols is 1. The molecule has 3 aromatic rings. The lowest BCUT2D eigenvalue weighted by atomic mass is 10.2. The zero-order valence-electron chi connectivity index (χ0n) is 12.8. The van der Waals surface area contributed by atoms with Crippen molar-refractivity contribution in [3.63, 3.8) is 0 Å². The van der Waals surface area contributed by atoms with Crippen molar-refractivity contribution in [2.75, 3.05) is 10.6 Å². The van der Waals surface area contributed by atoms with E-state index in [0.717, 1.165) is 11.4 Å². The Morgan fingerprint density at radius 3 is 1.92 bits per heavy atom. The van der Waals surface area contributed by atoms with Crippen molar-refractivity contribution in [3.05, 3.63) is 78.9 Å². The summed E-state index contributed by atoms with van der Waals surface area (Å²) < 4.78 is 5.17. The molecule has 0 saturated carbocycles. The Bertz CT molecular complexity index is 800. The second-order valence-electron chi connectivity index (χ2n) is 5.08. The van der Waals surface area contributed by atoms with Crippen molar-refractivity contribution in [1.82, 2.24) is 0 Å². The SMILES string of the molecule is O=C(Nc1ccc(Nc2ccc(O)cc2)cc1)Oc1ccccc1. The minimum absolute atomic E-state index is 0.219. The molecular formula is C19H16N2O3. The van der Waals surface area contributed by atoms with Gasteiger partial charge in [0.1, 0.15) is 11.5 Å². The van der Waals surface area contributed by atoms with E-state index in [2.05, 4.69) is 10.6 Å². The summed E-state index contributed by atoms with van der Waals surface area (Å²) in [4.78, 5) is 11.8. The highest BCUT2D eigenvalue weighted by Crippen LogP contribution is 2.21. The number of aromatic hydroxyl groups is 1. The molecule has 0 aliphatic rings. The van der Waals surface area contributed by atoms with Gasteiger partial charge in [0.15, 0.2) is 0 Å². The summed E-state index contributed by atoms with van der Waals surface area (Å²) in [5.74, 6) is 0.706. The fraction of sp³-hybridized carbons (Fsp3) is 0. The third kappa shape index (κ3) is 4.27. The molecule has 120 valence electrons. The Balaban J connectivity index is 1.58. The molecule has 0 radical (unpaired) electrons. The minimum Gasteiger partial charge on any atom is -0.508 e. The van der Waals surface area contributed by atoms with Gasteiger partial charge < -0.3 is 15.2 Å². The van der Waals surface area contributed by atoms with E-state index in [0.29, 0.717) is 11.4 Å². The molecule has 24 heavy (non-hydrogen) atoms. The fourth-order valence-electron chi connectivity index (χ4n) is 2.09. The molecule has 5 heteroatoms. The summed E-state index contributed by atoms with van der Waals surface area (Å²) in [5, 5.41) is 15.1. The summed E-state index contributed by atoms with van der Waals surface area (Å²) in [7, 11) is 0. The molecule has 0 spiro atoms. The van der Waals surface area contributed by atoms with E-state index in [1.807, 2.05) is 18.2 Å². The van der Waals surface area contributed by atoms with Gasteiger partial charge in [0, 0.05) is 17.1 Å². The molecule has 0 heterocycles. The number of carbonyl (C=O) groups is 1. The monoisotopic (exact) mass is 320 g/mol. The number of carbonyl (C=O) groups excluding carboxylic acids is 1. The molecule has 0 aliphatic carbocycles. The molecule has 3 rings (SSSR count). The number of hydrogen-bond donors (Lipinski definition) is 3. The number of para-hydroxylation sites is 1. The molecule has 0 aromatic heterocycles. The first-order chi connectivity index (χ1) is 11.7. The number of phenolic OH excluding ortho intramolecular Hbond substituents is 1. The molecule has 5 nitrogen and oxygen atoms in total. The normalized spacial score (nSPS) is 10.0. The Kier molecular flexibility index (Phi) is 4.62. The van der Waals surface area contributed by atoms with Gasteiger partial charge in [0.2, 0.25) is 0 Å². The quantitative estimate of drug-likeness (QED) is 0.607. The fourth-order valence-corrected chi connectivity index (χ4v) is 2.09. The second-order valence-corrected chi connectivity index (χ2v) is 5.08. The van der Waals surface area contributed by atoms with Gasteiger partial charge in [-0.3, -0.25) is 5.32 Å². The predicted molar refractivity (Wildman–Crippen MR) is 93.9 cm³/mol. The number of amides is 1. The van der Waals surface area contributed by atoms with Crippen LogP contribution < -0.4 is 15.4 Å². The second kappa shape index (κ2) is 7.19. The van der Waals surface area contributed by atoms with Crippen LogP contribution in [0.3, 0.4) is 0 Å². The lowest BCUT2D eigenvalue weighted by Crippen LogP contribution is -2.16. The Morgan fingerprint density at radius 2 is 1.29 bits per heavy atom. The van der Waals surface area contributed by atoms with Crippen molar-refractivity contribution in [1.29, 1.82) is 0 Å². The number of benzene rings is 3. The summed E-state index contributed by atoms with van der Waals surface area (Å²) in [6.07, 6.45) is -0.541. The zero-order valence-corrected chi connectivity index (χ0v) is 12.8. The van der Waals surface area contributed by atoms with Crippen molar-refractivity contribution >= 4 is 23.2 Å². The topological polar surface area (TPSA) is 70.6 Å². The van der Waals surface area contributed by atoms with Crippen LogP contribution in [0.25, 0.3) is 0 Å². The van der Waals surface area contributed by atoms with Gasteiger partial charge in [-0.15, -0.1) is 0 Å². The van der Waals surface area contributed by atoms with Gasteiger partial charge in [-0.1, -0.05) is 18.2 Å². The van der Waals surface area contributed by atoms with Crippen LogP contribution in [0.1, 0.15) is 0 Å². The maximum atomic E-state index is 11.8. The average Bonchev–Trinajstić information content (AvgIpc) is 2.59. The van der Waals surface area contributed by atoms with Crippen LogP contribution in [0, 0.1) is 0 Å². The first-order valence-electron chi connectivity index (χ1n) is 7.39. The highest BCUT2D eigenvalue weighted by Gasteiger charge is 2.04. The van der Waals surface area contributed by atoms with Crippen molar-refractivity contribution < 1.29 is 14.6 Å². The maximum Gasteiger partial charge on any atom is 0.417 e. The molecule has 3 N–H and O–H groups in total. The Hall–Kier alpha value is -3.47. The predicted octanol–water partition coefficient (Wildman–Crippen LogP) is 4.75. The Labute approximate surface area is 139 Å². The highest BCUT2D eigenvalue weighted by molar-refractivity contribution is 5.86. The molecular weight excluding hydrogens is 304 g/mol. The van der Waals surface area contributed by atoms with Gasteiger partial charge in [0.05, 0.1) is 0 Å². The molecule has 0 bridgehead atoms. The third-order valence-electron chi connectivity index (χ3n) is 3.24. The van der Waals surface area contributed by atoms with E-state index in [1.165, 1.54) is 0 Å². The lowest BCUT2D eigenvalue weighted by Gasteiger charge is -2.09. The lowest BCUT2D eigenvalue weighted by molar-refractivity contribution is 0.215. The van der Waals surface area contributed by atoms with Crippen molar-refractivity contribution in [3.8, 4) is 11.5 Å². The van der Waals surface area contributed by atoms with Crippen LogP contribution in [-0.4, -0.2) is 11.2 Å². The number of rotatable bonds is 4. The van der Waals surface area contributed by atoms with E-state index in [1.54, 1.807) is 60.7 Å². The first kappa shape index (κ1) is 15.4. The van der Waals surface area contributed by atoms with Crippen LogP contribution in [0.2, 0.25) is 0 Å². The van der Waals surface area contributed by atoms with E-state index < -0.39 is 6.09 Å². The van der Waals surface area contributed by atoms with Gasteiger partial charge in [-0.25, -0.2) is 4.79 Å². The van der Waals surface area contributed by atoms with Gasteiger partial charge >= 0.3 is 6.09 Å². The number of hydrogen-bond acceptors (Lipinski definition) is 4. The van der Waals surface area contributed by atoms with Crippen LogP contribution in [0.5, 0.6) is 11.5 Å². The third-order valence-corrected chi connectivity index (χ3v) is 3.24. The Morgan fingerprint density at radius 1 is 0.750 bits per heavy atom. The number of nitrogens with one attached hydrogen (secondary N) is 2. The first-order valence-corrected chi connectivity index (χ1v) is 7.39. The van der Waals surface area contributed by atoms with Crippen LogP contribution in [0.15, 0.2) is 78.9 Å². The number of anilines is 3. The molecule has 0 aliphatic heterocycles. The molecule has 0 unspecified atom stereocenters. The summed E-state index contributed by atoms with van der Waals surface area (Å²) in [6, 6.07) is 22.9. The van der Waals surface area contributed by atoms with Crippen LogP contribution in [-0.2, 0) is 0 Å². The molecule has 0 saturated heterocycles. The van der Waals surface area contributed by atoms with Crippen molar-refractivity contribution in [2.24, 2.45) is 0 Å². The summed E-state index contributed by atoms with van der Waals surface area (Å²) in [5.41, 5.74) is 2.35. The standard InChI is InChI=1S/C19H16N2O3/c22-17-12-10-15(11-13-17)20-14-6-8-16(9-7-14)21-19(23)24-18-4-2-1-3-5-18/h1-13,20,22H,(H,21,23). The van der Waals surface area contributed by atoms with Gasteiger partial charge in [-0.05, 0) is 60.7 Å². The van der Waals surface area contributed by atoms with Crippen molar-refractivity contribution in [2.45, 2.75) is 0 Å². The zero-order chi connectivity index (χ0) is 16.8. The summed E-state index contributed by atoms with van der Waals surface area (Å²) in [6.45, 7) is 0. The molecule has 3 aromatic carbocycles. The average molecular weight is 320 g/mol. The highest BCUT2D eigenvalue weighted by atomic mass is 16.6. The van der Waals surface area contributed by atoms with Crippen LogP contribution >= 0.6 is 0 Å². The van der Waals surface area contributed by atoms with E-state index in [-0.39, 0.29) is 5.75 Å². The smallest absolute Gasteiger partial charge is 0.417 e. The van der Waals surface area contributed by atoms with E-state index >= 15 is 0 Å². The molecule has 0 atom stereocenters. The minimum atomic E-state index is -0.541. The van der Waals surface area contributed by atoms with Gasteiger partial charge in [-0.2, -0.15) is 0 Å². The van der Waals surface area contributed by atoms with Gasteiger partial charge in [0.25, 0.3) is 0 Å². The molecule has 1 amide bonds. The molecule has 0 fully saturated rings. The van der Waals surface area contributed by atoms with E-state index in [9.17, 15) is 9.90 Å². The van der Waals surface area contributed by atoms with E-state index in [4.69, 9.17) is 4.74 Å². The maximum absolute atomic E-state index is 11.8. The largest absolute Gasteiger partial charge is 0.508 e. The van der Waals surface area contributed by atoms with Crippen LogP contribution in [0.4, 0.5) is 21.9 Å². The summed E-state index contributed by atoms with van der Waals surface area (Å²) >= 11 is 0. The number of ether oxygens (including phenoxy) is 1.